The van der Waals surface area contributed by atoms with Gasteiger partial charge in [-0.25, -0.2) is 0 Å². The zero-order valence-corrected chi connectivity index (χ0v) is 8.12. The fraction of sp³-hybridized carbons (Fsp3) is 0. The monoisotopic (exact) mass is 260 g/mol. The first-order valence-electron chi connectivity index (χ1n) is 0.606. The molecule has 0 aliphatic carbocycles. The van der Waals surface area contributed by atoms with Crippen molar-refractivity contribution in [2.75, 3.05) is 0 Å². The second-order valence-electron chi connectivity index (χ2n) is 0.100. The summed E-state index contributed by atoms with van der Waals surface area (Å²) in [6.45, 7) is 0. The summed E-state index contributed by atoms with van der Waals surface area (Å²) >= 11 is 0.500. The first-order chi connectivity index (χ1) is 2.41. The fourth-order valence-electron chi connectivity index (χ4n) is 0. The van der Waals surface area contributed by atoms with Crippen molar-refractivity contribution >= 4 is 37.2 Å². The molecule has 0 aliphatic heterocycles. The summed E-state index contributed by atoms with van der Waals surface area (Å²) in [7, 11) is 0. The van der Waals surface area contributed by atoms with Crippen molar-refractivity contribution in [3.63, 3.8) is 0 Å². The van der Waals surface area contributed by atoms with Crippen LogP contribution in [-0.4, -0.2) is 0 Å². The Kier molecular flexibility index (Phi) is 553. The zero-order chi connectivity index (χ0) is 4.71. The summed E-state index contributed by atoms with van der Waals surface area (Å²) < 4.78 is 8.30. The molecule has 0 saturated heterocycles. The Balaban J connectivity index is -0.00000000567. The molecule has 0 amide bonds. The number of hydrogen-bond acceptors (Lipinski definition) is 2. The molecule has 51 valence electrons. The van der Waals surface area contributed by atoms with Gasteiger partial charge in [-0.05, 0) is 10.4 Å². The van der Waals surface area contributed by atoms with Crippen LogP contribution in [0.2, 0.25) is 0 Å². The van der Waals surface area contributed by atoms with Gasteiger partial charge in [-0.3, -0.25) is 0 Å². The Hall–Kier alpha value is 0.720. The summed E-state index contributed by atoms with van der Waals surface area (Å²) in [4.78, 5) is 1.75. The molecule has 0 aliphatic rings. The minimum absolute atomic E-state index is 0. The van der Waals surface area contributed by atoms with E-state index in [0.29, 0.717) is 21.0 Å². The van der Waals surface area contributed by atoms with E-state index in [1.54, 1.807) is 4.91 Å². The molecule has 1 N–H and O–H groups in total. The van der Waals surface area contributed by atoms with Crippen LogP contribution < -0.4 is 0 Å². The minimum atomic E-state index is 0. The third-order valence-electron chi connectivity index (χ3n) is 0. The Morgan fingerprint density at radius 1 is 1.25 bits per heavy atom. The van der Waals surface area contributed by atoms with Crippen molar-refractivity contribution in [2.24, 2.45) is 0 Å². The molecular formula is H4Cl3N3NbO. The van der Waals surface area contributed by atoms with Gasteiger partial charge in [-0.1, -0.05) is 0 Å². The standard InChI is InChI=1S/3ClH.HN3.Nb.O/c;;;1-3-2;;/h3*1H;1H;;. The van der Waals surface area contributed by atoms with Gasteiger partial charge in [0.15, 0.2) is 0 Å². The maximum absolute atomic E-state index is 8.30. The molecule has 0 bridgehead atoms. The van der Waals surface area contributed by atoms with Crippen LogP contribution in [-0.2, 0) is 24.3 Å². The van der Waals surface area contributed by atoms with Crippen LogP contribution in [0.5, 0.6) is 0 Å². The molecule has 0 aromatic heterocycles. The average molecular weight is 261 g/mol. The van der Waals surface area contributed by atoms with Gasteiger partial charge in [0.1, 0.15) is 0 Å². The first-order valence-corrected chi connectivity index (χ1v) is 1.50. The molecule has 8 heavy (non-hydrogen) atoms. The molecule has 0 radical (unpaired) electrons. The fourth-order valence-corrected chi connectivity index (χ4v) is 0. The first kappa shape index (κ1) is 37.6. The molecule has 0 heterocycles. The summed E-state index contributed by atoms with van der Waals surface area (Å²) in [5, 5.41) is 0. The molecule has 0 saturated carbocycles. The van der Waals surface area contributed by atoms with Crippen molar-refractivity contribution in [1.29, 1.82) is 5.53 Å². The van der Waals surface area contributed by atoms with E-state index in [-0.39, 0.29) is 37.2 Å². The van der Waals surface area contributed by atoms with Gasteiger partial charge in [0.05, 0.1) is 0 Å². The van der Waals surface area contributed by atoms with Gasteiger partial charge in [0.2, 0.25) is 0 Å². The molecule has 8 heteroatoms. The van der Waals surface area contributed by atoms with Crippen LogP contribution >= 0.6 is 37.2 Å². The van der Waals surface area contributed by atoms with Crippen LogP contribution in [0.15, 0.2) is 0 Å². The normalized spacial score (nSPS) is 1.38. The van der Waals surface area contributed by atoms with Crippen LogP contribution in [0, 0.1) is 5.53 Å². The van der Waals surface area contributed by atoms with Gasteiger partial charge in [0.25, 0.3) is 0 Å². The van der Waals surface area contributed by atoms with Gasteiger partial charge in [-0.15, -0.1) is 42.8 Å². The quantitative estimate of drug-likeness (QED) is 0.308. The molecule has 0 spiro atoms. The van der Waals surface area contributed by atoms with E-state index < -0.39 is 0 Å². The molecular weight excluding hydrogens is 257 g/mol. The molecule has 0 fully saturated rings. The van der Waals surface area contributed by atoms with E-state index in [9.17, 15) is 0 Å². The SMILES string of the molecule is Cl.Cl.Cl.[N-]=[N+]=N.[O]=[Nb]. The van der Waals surface area contributed by atoms with E-state index >= 15 is 0 Å². The Morgan fingerprint density at radius 3 is 1.25 bits per heavy atom. The van der Waals surface area contributed by atoms with Crippen LogP contribution in [0.25, 0.3) is 10.4 Å². The predicted octanol–water partition coefficient (Wildman–Crippen LogP) is 2.02. The van der Waals surface area contributed by atoms with E-state index in [1.165, 1.54) is 0 Å². The van der Waals surface area contributed by atoms with Crippen molar-refractivity contribution in [1.82, 2.24) is 0 Å². The molecule has 0 atom stereocenters. The van der Waals surface area contributed by atoms with Gasteiger partial charge >= 0.3 is 24.3 Å². The third-order valence-corrected chi connectivity index (χ3v) is 0. The number of rotatable bonds is 0. The number of nitrogens with one attached hydrogen (secondary N) is 1. The summed E-state index contributed by atoms with van der Waals surface area (Å²) in [6.07, 6.45) is 0. The van der Waals surface area contributed by atoms with Crippen molar-refractivity contribution < 1.29 is 24.3 Å². The van der Waals surface area contributed by atoms with E-state index in [0.717, 1.165) is 0 Å². The van der Waals surface area contributed by atoms with Gasteiger partial charge < -0.3 is 0 Å². The number of nitrogens with zero attached hydrogens (tertiary/aromatic N) is 2. The summed E-state index contributed by atoms with van der Waals surface area (Å²) in [5.41, 5.74) is 12.2. The van der Waals surface area contributed by atoms with Crippen molar-refractivity contribution in [2.45, 2.75) is 0 Å². The van der Waals surface area contributed by atoms with Crippen LogP contribution in [0.3, 0.4) is 0 Å². The molecule has 0 aromatic rings. The van der Waals surface area contributed by atoms with Gasteiger partial charge in [-0.2, -0.15) is 0 Å². The number of halogens is 3. The van der Waals surface area contributed by atoms with E-state index in [1.807, 2.05) is 0 Å². The Morgan fingerprint density at radius 2 is 1.25 bits per heavy atom. The third kappa shape index (κ3) is 424. The second-order valence-corrected chi connectivity index (χ2v) is 0.100. The second kappa shape index (κ2) is 118. The van der Waals surface area contributed by atoms with Crippen molar-refractivity contribution in [3.05, 3.63) is 10.4 Å². The Labute approximate surface area is 77.3 Å². The molecule has 0 unspecified atom stereocenters. The molecule has 0 rings (SSSR count). The predicted molar refractivity (Wildman–Crippen MR) is 31.9 cm³/mol. The number of hydrogen-bond donors (Lipinski definition) is 1. The average Bonchev–Trinajstić information content (AvgIpc) is 1.46. The van der Waals surface area contributed by atoms with E-state index in [4.69, 9.17) is 14.3 Å². The van der Waals surface area contributed by atoms with Crippen molar-refractivity contribution in [3.8, 4) is 0 Å². The molecule has 0 aromatic carbocycles. The van der Waals surface area contributed by atoms with Gasteiger partial charge in [0, 0.05) is 0 Å². The molecule has 4 nitrogen and oxygen atoms in total. The van der Waals surface area contributed by atoms with E-state index in [2.05, 4.69) is 0 Å². The maximum atomic E-state index is 8.30. The van der Waals surface area contributed by atoms with Crippen LogP contribution in [0.4, 0.5) is 0 Å². The van der Waals surface area contributed by atoms with Crippen LogP contribution in [0.1, 0.15) is 0 Å². The Bertz CT molecular complexity index is 43.8. The zero-order valence-electron chi connectivity index (χ0n) is 3.47. The summed E-state index contributed by atoms with van der Waals surface area (Å²) in [5.74, 6) is 0. The topological polar surface area (TPSA) is 77.3 Å². The summed E-state index contributed by atoms with van der Waals surface area (Å²) in [6, 6.07) is 0.